The zero-order valence-corrected chi connectivity index (χ0v) is 13.2. The van der Waals surface area contributed by atoms with Crippen LogP contribution in [0.25, 0.3) is 0 Å². The number of hydrogen-bond acceptors (Lipinski definition) is 3. The maximum atomic E-state index is 12.5. The minimum atomic E-state index is 0.126. The molecule has 4 nitrogen and oxygen atoms in total. The molecule has 1 aromatic rings. The van der Waals surface area contributed by atoms with E-state index in [2.05, 4.69) is 17.0 Å². The number of hydrogen-bond donors (Lipinski definition) is 1. The smallest absolute Gasteiger partial charge is 0.253 e. The molecule has 0 atom stereocenters. The maximum Gasteiger partial charge on any atom is 0.253 e. The second-order valence-corrected chi connectivity index (χ2v) is 6.51. The van der Waals surface area contributed by atoms with Gasteiger partial charge in [-0.2, -0.15) is 0 Å². The Bertz CT molecular complexity index is 486. The lowest BCUT2D eigenvalue weighted by atomic mass is 9.97. The summed E-state index contributed by atoms with van der Waals surface area (Å²) in [6.07, 6.45) is 5.68. The Morgan fingerprint density at radius 3 is 2.23 bits per heavy atom. The number of nitrogens with zero attached hydrogens (tertiary/aromatic N) is 2. The van der Waals surface area contributed by atoms with E-state index in [-0.39, 0.29) is 12.5 Å². The number of carbonyl (C=O) groups is 1. The monoisotopic (exact) mass is 302 g/mol. The number of carbonyl (C=O) groups excluding carboxylic acids is 1. The van der Waals surface area contributed by atoms with Crippen LogP contribution in [0.4, 0.5) is 5.69 Å². The van der Waals surface area contributed by atoms with Crippen LogP contribution < -0.4 is 4.90 Å². The molecule has 2 saturated heterocycles. The van der Waals surface area contributed by atoms with E-state index in [4.69, 9.17) is 0 Å². The summed E-state index contributed by atoms with van der Waals surface area (Å²) in [5.74, 6) is 0.493. The summed E-state index contributed by atoms with van der Waals surface area (Å²) in [6, 6.07) is 8.09. The van der Waals surface area contributed by atoms with Crippen LogP contribution in [0.5, 0.6) is 0 Å². The lowest BCUT2D eigenvalue weighted by Gasteiger charge is -2.31. The van der Waals surface area contributed by atoms with Crippen LogP contribution in [-0.4, -0.2) is 48.7 Å². The van der Waals surface area contributed by atoms with Gasteiger partial charge in [0.2, 0.25) is 0 Å². The molecule has 1 N–H and O–H groups in total. The fourth-order valence-corrected chi connectivity index (χ4v) is 3.47. The van der Waals surface area contributed by atoms with Crippen molar-refractivity contribution in [3.8, 4) is 0 Å². The van der Waals surface area contributed by atoms with Gasteiger partial charge in [0.1, 0.15) is 0 Å². The molecule has 120 valence electrons. The third-order valence-electron chi connectivity index (χ3n) is 5.00. The van der Waals surface area contributed by atoms with Gasteiger partial charge in [-0.1, -0.05) is 0 Å². The lowest BCUT2D eigenvalue weighted by Crippen LogP contribution is -2.39. The first kappa shape index (κ1) is 15.3. The van der Waals surface area contributed by atoms with E-state index >= 15 is 0 Å². The van der Waals surface area contributed by atoms with Crippen LogP contribution in [0.1, 0.15) is 42.5 Å². The number of aliphatic hydroxyl groups excluding tert-OH is 1. The lowest BCUT2D eigenvalue weighted by molar-refractivity contribution is 0.0651. The molecule has 2 aliphatic heterocycles. The topological polar surface area (TPSA) is 43.8 Å². The minimum Gasteiger partial charge on any atom is -0.396 e. The summed E-state index contributed by atoms with van der Waals surface area (Å²) >= 11 is 0. The van der Waals surface area contributed by atoms with Crippen molar-refractivity contribution in [2.45, 2.75) is 32.1 Å². The zero-order valence-electron chi connectivity index (χ0n) is 13.2. The number of piperidine rings is 2. The largest absolute Gasteiger partial charge is 0.396 e. The number of rotatable bonds is 3. The molecule has 22 heavy (non-hydrogen) atoms. The third-order valence-corrected chi connectivity index (χ3v) is 5.00. The van der Waals surface area contributed by atoms with Crippen LogP contribution in [-0.2, 0) is 0 Å². The highest BCUT2D eigenvalue weighted by atomic mass is 16.3. The van der Waals surface area contributed by atoms with Crippen molar-refractivity contribution in [2.75, 3.05) is 37.7 Å². The molecule has 0 saturated carbocycles. The summed E-state index contributed by atoms with van der Waals surface area (Å²) in [5, 5.41) is 9.18. The summed E-state index contributed by atoms with van der Waals surface area (Å²) < 4.78 is 0. The van der Waals surface area contributed by atoms with Gasteiger partial charge in [-0.05, 0) is 62.3 Å². The number of amides is 1. The molecule has 1 aromatic carbocycles. The molecule has 0 bridgehead atoms. The van der Waals surface area contributed by atoms with Gasteiger partial charge in [0, 0.05) is 44.0 Å². The van der Waals surface area contributed by atoms with Crippen molar-refractivity contribution in [1.29, 1.82) is 0 Å². The number of likely N-dealkylation sites (tertiary alicyclic amines) is 1. The Labute approximate surface area is 132 Å². The fraction of sp³-hybridized carbons (Fsp3) is 0.611. The third kappa shape index (κ3) is 3.43. The van der Waals surface area contributed by atoms with Crippen molar-refractivity contribution in [1.82, 2.24) is 4.90 Å². The van der Waals surface area contributed by atoms with Crippen LogP contribution >= 0.6 is 0 Å². The highest BCUT2D eigenvalue weighted by molar-refractivity contribution is 5.94. The second-order valence-electron chi connectivity index (χ2n) is 6.51. The zero-order chi connectivity index (χ0) is 15.4. The summed E-state index contributed by atoms with van der Waals surface area (Å²) in [7, 11) is 0. The molecule has 2 fully saturated rings. The molecule has 0 aromatic heterocycles. The van der Waals surface area contributed by atoms with Crippen LogP contribution in [0.3, 0.4) is 0 Å². The SMILES string of the molecule is O=C(c1ccc(N2CCCCC2)cc1)N1CCC(CO)CC1. The first-order chi connectivity index (χ1) is 10.8. The van der Waals surface area contributed by atoms with E-state index in [1.54, 1.807) is 0 Å². The first-order valence-corrected chi connectivity index (χ1v) is 8.53. The van der Waals surface area contributed by atoms with E-state index in [9.17, 15) is 9.90 Å². The summed E-state index contributed by atoms with van der Waals surface area (Å²) in [6.45, 7) is 4.02. The van der Waals surface area contributed by atoms with E-state index in [0.29, 0.717) is 5.92 Å². The molecule has 3 rings (SSSR count). The van der Waals surface area contributed by atoms with E-state index < -0.39 is 0 Å². The van der Waals surface area contributed by atoms with Crippen molar-refractivity contribution >= 4 is 11.6 Å². The molecule has 0 spiro atoms. The number of benzene rings is 1. The van der Waals surface area contributed by atoms with E-state index in [1.807, 2.05) is 17.0 Å². The van der Waals surface area contributed by atoms with Crippen molar-refractivity contribution in [3.63, 3.8) is 0 Å². The molecule has 0 unspecified atom stereocenters. The van der Waals surface area contributed by atoms with Gasteiger partial charge >= 0.3 is 0 Å². The van der Waals surface area contributed by atoms with Gasteiger partial charge in [-0.15, -0.1) is 0 Å². The average molecular weight is 302 g/mol. The van der Waals surface area contributed by atoms with Gasteiger partial charge in [0.25, 0.3) is 5.91 Å². The first-order valence-electron chi connectivity index (χ1n) is 8.53. The van der Waals surface area contributed by atoms with E-state index in [0.717, 1.165) is 44.6 Å². The standard InChI is InChI=1S/C18H26N2O2/c21-14-15-8-12-20(13-9-15)18(22)16-4-6-17(7-5-16)19-10-2-1-3-11-19/h4-7,15,21H,1-3,8-14H2. The fourth-order valence-electron chi connectivity index (χ4n) is 3.47. The Morgan fingerprint density at radius 1 is 1.00 bits per heavy atom. The Hall–Kier alpha value is -1.55. The molecular formula is C18H26N2O2. The molecule has 1 amide bonds. The molecule has 2 aliphatic rings. The van der Waals surface area contributed by atoms with Gasteiger partial charge < -0.3 is 14.9 Å². The van der Waals surface area contributed by atoms with Gasteiger partial charge in [0.05, 0.1) is 0 Å². The van der Waals surface area contributed by atoms with Gasteiger partial charge in [-0.3, -0.25) is 4.79 Å². The summed E-state index contributed by atoms with van der Waals surface area (Å²) in [4.78, 5) is 16.9. The Kier molecular flexibility index (Phi) is 4.98. The molecule has 4 heteroatoms. The van der Waals surface area contributed by atoms with Crippen molar-refractivity contribution < 1.29 is 9.90 Å². The Balaban J connectivity index is 1.61. The van der Waals surface area contributed by atoms with Crippen molar-refractivity contribution in [3.05, 3.63) is 29.8 Å². The summed E-state index contributed by atoms with van der Waals surface area (Å²) in [5.41, 5.74) is 2.01. The van der Waals surface area contributed by atoms with Crippen LogP contribution in [0, 0.1) is 5.92 Å². The quantitative estimate of drug-likeness (QED) is 0.933. The highest BCUT2D eigenvalue weighted by Crippen LogP contribution is 2.22. The normalized spacial score (nSPS) is 20.2. The highest BCUT2D eigenvalue weighted by Gasteiger charge is 2.23. The van der Waals surface area contributed by atoms with Gasteiger partial charge in [-0.25, -0.2) is 0 Å². The minimum absolute atomic E-state index is 0.126. The molecule has 0 radical (unpaired) electrons. The molecule has 0 aliphatic carbocycles. The van der Waals surface area contributed by atoms with Crippen molar-refractivity contribution in [2.24, 2.45) is 5.92 Å². The predicted molar refractivity (Wildman–Crippen MR) is 88.2 cm³/mol. The molecule has 2 heterocycles. The number of anilines is 1. The predicted octanol–water partition coefficient (Wildman–Crippen LogP) is 2.52. The average Bonchev–Trinajstić information content (AvgIpc) is 2.62. The van der Waals surface area contributed by atoms with Crippen LogP contribution in [0.15, 0.2) is 24.3 Å². The second kappa shape index (κ2) is 7.14. The Morgan fingerprint density at radius 2 is 1.64 bits per heavy atom. The van der Waals surface area contributed by atoms with Gasteiger partial charge in [0.15, 0.2) is 0 Å². The van der Waals surface area contributed by atoms with E-state index in [1.165, 1.54) is 24.9 Å². The number of aliphatic hydroxyl groups is 1. The maximum absolute atomic E-state index is 12.5. The van der Waals surface area contributed by atoms with Crippen LogP contribution in [0.2, 0.25) is 0 Å². The molecular weight excluding hydrogens is 276 g/mol.